The zero-order valence-electron chi connectivity index (χ0n) is 17.9. The van der Waals surface area contributed by atoms with Crippen LogP contribution in [0.15, 0.2) is 65.6 Å². The van der Waals surface area contributed by atoms with E-state index in [0.29, 0.717) is 37.0 Å². The SMILES string of the molecule is COc1ccc(/C=C2\SC(=O)N(Cc3ccc(Cl)cc3)C2=O)cc1OCc1ccc(Cl)cc1Cl. The molecule has 0 aromatic heterocycles. The van der Waals surface area contributed by atoms with Crippen LogP contribution in [0.1, 0.15) is 16.7 Å². The maximum Gasteiger partial charge on any atom is 0.293 e. The topological polar surface area (TPSA) is 55.8 Å². The first-order valence-corrected chi connectivity index (χ1v) is 12.0. The van der Waals surface area contributed by atoms with Crippen LogP contribution in [0.25, 0.3) is 6.08 Å². The molecular weight excluding hydrogens is 517 g/mol. The van der Waals surface area contributed by atoms with E-state index >= 15 is 0 Å². The van der Waals surface area contributed by atoms with E-state index < -0.39 is 0 Å². The summed E-state index contributed by atoms with van der Waals surface area (Å²) in [5.41, 5.74) is 2.27. The normalized spacial score (nSPS) is 14.7. The van der Waals surface area contributed by atoms with Gasteiger partial charge in [-0.15, -0.1) is 0 Å². The van der Waals surface area contributed by atoms with Gasteiger partial charge in [0.2, 0.25) is 0 Å². The molecule has 2 amide bonds. The molecule has 174 valence electrons. The molecule has 9 heteroatoms. The summed E-state index contributed by atoms with van der Waals surface area (Å²) in [5.74, 6) is 0.650. The van der Waals surface area contributed by atoms with Crippen molar-refractivity contribution in [2.24, 2.45) is 0 Å². The quantitative estimate of drug-likeness (QED) is 0.294. The van der Waals surface area contributed by atoms with Gasteiger partial charge in [-0.25, -0.2) is 0 Å². The molecule has 0 unspecified atom stereocenters. The predicted molar refractivity (Wildman–Crippen MR) is 137 cm³/mol. The van der Waals surface area contributed by atoms with Crippen molar-refractivity contribution >= 4 is 63.8 Å². The molecule has 34 heavy (non-hydrogen) atoms. The number of amides is 2. The lowest BCUT2D eigenvalue weighted by molar-refractivity contribution is -0.123. The first kappa shape index (κ1) is 24.5. The largest absolute Gasteiger partial charge is 0.493 e. The summed E-state index contributed by atoms with van der Waals surface area (Å²) < 4.78 is 11.3. The minimum Gasteiger partial charge on any atom is -0.493 e. The third-order valence-electron chi connectivity index (χ3n) is 5.01. The standard InChI is InChI=1S/C25H18Cl3NO4S/c1-32-21-9-4-16(10-22(21)33-14-17-5-8-19(27)12-20(17)28)11-23-24(30)29(25(31)34-23)13-15-2-6-18(26)7-3-15/h2-12H,13-14H2,1H3/b23-11-. The van der Waals surface area contributed by atoms with Gasteiger partial charge in [-0.1, -0.05) is 59.1 Å². The van der Waals surface area contributed by atoms with Crippen LogP contribution in [0.5, 0.6) is 11.5 Å². The number of hydrogen-bond acceptors (Lipinski definition) is 5. The predicted octanol–water partition coefficient (Wildman–Crippen LogP) is 7.47. The van der Waals surface area contributed by atoms with Crippen molar-refractivity contribution in [1.29, 1.82) is 0 Å². The van der Waals surface area contributed by atoms with Crippen molar-refractivity contribution in [3.05, 3.63) is 97.3 Å². The number of imide groups is 1. The van der Waals surface area contributed by atoms with Gasteiger partial charge < -0.3 is 9.47 Å². The highest BCUT2D eigenvalue weighted by Crippen LogP contribution is 2.36. The number of ether oxygens (including phenoxy) is 2. The second-order valence-corrected chi connectivity index (χ2v) is 9.60. The Bertz CT molecular complexity index is 1280. The number of thioether (sulfide) groups is 1. The number of carbonyl (C=O) groups is 2. The number of benzene rings is 3. The number of halogens is 3. The minimum atomic E-state index is -0.351. The van der Waals surface area contributed by atoms with Crippen molar-refractivity contribution in [3.8, 4) is 11.5 Å². The molecular formula is C25H18Cl3NO4S. The van der Waals surface area contributed by atoms with E-state index in [1.807, 2.05) is 0 Å². The number of carbonyl (C=O) groups excluding carboxylic acids is 2. The third-order valence-corrected chi connectivity index (χ3v) is 6.76. The molecule has 1 fully saturated rings. The van der Waals surface area contributed by atoms with Crippen molar-refractivity contribution in [2.75, 3.05) is 7.11 Å². The Labute approximate surface area is 216 Å². The monoisotopic (exact) mass is 533 g/mol. The molecule has 0 N–H and O–H groups in total. The van der Waals surface area contributed by atoms with Gasteiger partial charge in [-0.05, 0) is 65.4 Å². The van der Waals surface area contributed by atoms with Crippen LogP contribution in [0.4, 0.5) is 4.79 Å². The Balaban J connectivity index is 1.52. The third kappa shape index (κ3) is 5.70. The maximum absolute atomic E-state index is 12.9. The van der Waals surface area contributed by atoms with Crippen molar-refractivity contribution in [3.63, 3.8) is 0 Å². The fourth-order valence-corrected chi connectivity index (χ4v) is 4.68. The molecule has 0 saturated carbocycles. The smallest absolute Gasteiger partial charge is 0.293 e. The molecule has 0 radical (unpaired) electrons. The molecule has 3 aromatic carbocycles. The summed E-state index contributed by atoms with van der Waals surface area (Å²) in [6.07, 6.45) is 1.66. The average molecular weight is 535 g/mol. The van der Waals surface area contributed by atoms with Gasteiger partial charge in [0.05, 0.1) is 18.6 Å². The highest BCUT2D eigenvalue weighted by Gasteiger charge is 2.35. The summed E-state index contributed by atoms with van der Waals surface area (Å²) in [5, 5.41) is 1.30. The van der Waals surface area contributed by atoms with Crippen LogP contribution in [-0.4, -0.2) is 23.2 Å². The van der Waals surface area contributed by atoms with Crippen molar-refractivity contribution < 1.29 is 19.1 Å². The van der Waals surface area contributed by atoms with Gasteiger partial charge in [-0.2, -0.15) is 0 Å². The molecule has 0 spiro atoms. The maximum atomic E-state index is 12.9. The van der Waals surface area contributed by atoms with Crippen LogP contribution >= 0.6 is 46.6 Å². The number of hydrogen-bond donors (Lipinski definition) is 0. The molecule has 1 heterocycles. The second-order valence-electron chi connectivity index (χ2n) is 7.33. The van der Waals surface area contributed by atoms with E-state index in [-0.39, 0.29) is 24.3 Å². The Kier molecular flexibility index (Phi) is 7.73. The lowest BCUT2D eigenvalue weighted by Gasteiger charge is -2.13. The Morgan fingerprint density at radius 2 is 1.65 bits per heavy atom. The fourth-order valence-electron chi connectivity index (χ4n) is 3.25. The van der Waals surface area contributed by atoms with Crippen LogP contribution in [0.3, 0.4) is 0 Å². The van der Waals surface area contributed by atoms with Crippen LogP contribution in [0.2, 0.25) is 15.1 Å². The molecule has 0 atom stereocenters. The van der Waals surface area contributed by atoms with Gasteiger partial charge in [0.15, 0.2) is 11.5 Å². The van der Waals surface area contributed by atoms with Gasteiger partial charge in [0.1, 0.15) is 6.61 Å². The Morgan fingerprint density at radius 3 is 2.35 bits per heavy atom. The van der Waals surface area contributed by atoms with Crippen molar-refractivity contribution in [1.82, 2.24) is 4.90 Å². The average Bonchev–Trinajstić information content (AvgIpc) is 3.07. The Hall–Kier alpha value is -2.64. The summed E-state index contributed by atoms with van der Waals surface area (Å²) in [6.45, 7) is 0.380. The first-order valence-electron chi connectivity index (χ1n) is 10.1. The van der Waals surface area contributed by atoms with Crippen molar-refractivity contribution in [2.45, 2.75) is 13.2 Å². The van der Waals surface area contributed by atoms with E-state index in [4.69, 9.17) is 44.3 Å². The highest BCUT2D eigenvalue weighted by molar-refractivity contribution is 8.18. The summed E-state index contributed by atoms with van der Waals surface area (Å²) in [7, 11) is 1.54. The molecule has 1 aliphatic heterocycles. The molecule has 0 aliphatic carbocycles. The molecule has 5 nitrogen and oxygen atoms in total. The fraction of sp³-hybridized carbons (Fsp3) is 0.120. The summed E-state index contributed by atoms with van der Waals surface area (Å²) in [4.78, 5) is 26.9. The van der Waals surface area contributed by atoms with Crippen LogP contribution in [0, 0.1) is 0 Å². The zero-order chi connectivity index (χ0) is 24.2. The number of methoxy groups -OCH3 is 1. The van der Waals surface area contributed by atoms with Crippen LogP contribution in [-0.2, 0) is 17.9 Å². The van der Waals surface area contributed by atoms with Gasteiger partial charge in [0, 0.05) is 20.6 Å². The molecule has 1 saturated heterocycles. The Morgan fingerprint density at radius 1 is 0.912 bits per heavy atom. The summed E-state index contributed by atoms with van der Waals surface area (Å²) >= 11 is 19.0. The molecule has 3 aromatic rings. The van der Waals surface area contributed by atoms with E-state index in [1.54, 1.807) is 73.8 Å². The minimum absolute atomic E-state index is 0.179. The molecule has 4 rings (SSSR count). The second kappa shape index (κ2) is 10.7. The lowest BCUT2D eigenvalue weighted by atomic mass is 10.1. The first-order chi connectivity index (χ1) is 16.3. The van der Waals surface area contributed by atoms with E-state index in [2.05, 4.69) is 0 Å². The lowest BCUT2D eigenvalue weighted by Crippen LogP contribution is -2.27. The number of rotatable bonds is 7. The number of nitrogens with zero attached hydrogens (tertiary/aromatic N) is 1. The molecule has 0 bridgehead atoms. The zero-order valence-corrected chi connectivity index (χ0v) is 21.0. The summed E-state index contributed by atoms with van der Waals surface area (Å²) in [6, 6.07) is 17.5. The van der Waals surface area contributed by atoms with E-state index in [1.165, 1.54) is 4.90 Å². The van der Waals surface area contributed by atoms with Crippen LogP contribution < -0.4 is 9.47 Å². The highest BCUT2D eigenvalue weighted by atomic mass is 35.5. The molecule has 1 aliphatic rings. The van der Waals surface area contributed by atoms with Gasteiger partial charge in [0.25, 0.3) is 11.1 Å². The van der Waals surface area contributed by atoms with E-state index in [0.717, 1.165) is 22.9 Å². The van der Waals surface area contributed by atoms with E-state index in [9.17, 15) is 9.59 Å². The van der Waals surface area contributed by atoms with Gasteiger partial charge in [-0.3, -0.25) is 14.5 Å². The van der Waals surface area contributed by atoms with Gasteiger partial charge >= 0.3 is 0 Å².